The number of allylic oxidation sites excluding steroid dienone is 1. The molecule has 0 aliphatic heterocycles. The second kappa shape index (κ2) is 7.09. The maximum absolute atomic E-state index is 12.1. The SMILES string of the molecule is COCCS(=O)(=O)C(=Cc1ccccc1[N+](=O)[O-])C(C)=O. The average molecular weight is 313 g/mol. The predicted octanol–water partition coefficient (Wildman–Crippen LogP) is 1.59. The summed E-state index contributed by atoms with van der Waals surface area (Å²) < 4.78 is 28.8. The highest BCUT2D eigenvalue weighted by atomic mass is 32.2. The van der Waals surface area contributed by atoms with Crippen LogP contribution in [0.1, 0.15) is 12.5 Å². The first-order valence-electron chi connectivity index (χ1n) is 5.97. The van der Waals surface area contributed by atoms with Crippen LogP contribution in [0.3, 0.4) is 0 Å². The lowest BCUT2D eigenvalue weighted by atomic mass is 10.1. The number of para-hydroxylation sites is 1. The summed E-state index contributed by atoms with van der Waals surface area (Å²) in [6, 6.07) is 5.61. The Balaban J connectivity index is 3.37. The van der Waals surface area contributed by atoms with Crippen molar-refractivity contribution in [1.82, 2.24) is 0 Å². The van der Waals surface area contributed by atoms with E-state index in [1.807, 2.05) is 0 Å². The van der Waals surface area contributed by atoms with E-state index in [1.165, 1.54) is 31.4 Å². The largest absolute Gasteiger partial charge is 0.384 e. The van der Waals surface area contributed by atoms with Crippen LogP contribution in [0.2, 0.25) is 0 Å². The first-order chi connectivity index (χ1) is 9.79. The number of hydrogen-bond donors (Lipinski definition) is 0. The van der Waals surface area contributed by atoms with Crippen molar-refractivity contribution < 1.29 is 22.9 Å². The van der Waals surface area contributed by atoms with E-state index < -0.39 is 25.4 Å². The van der Waals surface area contributed by atoms with Crippen LogP contribution in [0.25, 0.3) is 6.08 Å². The average Bonchev–Trinajstić information content (AvgIpc) is 2.42. The normalized spacial score (nSPS) is 12.2. The molecule has 0 fully saturated rings. The van der Waals surface area contributed by atoms with Crippen molar-refractivity contribution in [1.29, 1.82) is 0 Å². The van der Waals surface area contributed by atoms with Crippen LogP contribution in [0.5, 0.6) is 0 Å². The smallest absolute Gasteiger partial charge is 0.276 e. The van der Waals surface area contributed by atoms with Gasteiger partial charge in [-0.25, -0.2) is 8.42 Å². The highest BCUT2D eigenvalue weighted by Gasteiger charge is 2.23. The Bertz CT molecular complexity index is 678. The number of methoxy groups -OCH3 is 1. The summed E-state index contributed by atoms with van der Waals surface area (Å²) >= 11 is 0. The van der Waals surface area contributed by atoms with Gasteiger partial charge in [0.25, 0.3) is 5.69 Å². The molecule has 0 unspecified atom stereocenters. The van der Waals surface area contributed by atoms with Crippen LogP contribution in [0.4, 0.5) is 5.69 Å². The Morgan fingerprint density at radius 2 is 2.00 bits per heavy atom. The molecule has 0 heterocycles. The second-order valence-corrected chi connectivity index (χ2v) is 6.27. The molecule has 1 aromatic carbocycles. The van der Waals surface area contributed by atoms with Crippen molar-refractivity contribution in [2.45, 2.75) is 6.92 Å². The molecule has 0 saturated heterocycles. The number of ether oxygens (including phenoxy) is 1. The molecule has 114 valence electrons. The summed E-state index contributed by atoms with van der Waals surface area (Å²) in [6.45, 7) is 1.04. The third-order valence-corrected chi connectivity index (χ3v) is 4.44. The fraction of sp³-hybridized carbons (Fsp3) is 0.308. The Kier molecular flexibility index (Phi) is 5.74. The topological polar surface area (TPSA) is 104 Å². The lowest BCUT2D eigenvalue weighted by molar-refractivity contribution is -0.385. The second-order valence-electron chi connectivity index (χ2n) is 4.19. The van der Waals surface area contributed by atoms with Gasteiger partial charge in [0.2, 0.25) is 0 Å². The van der Waals surface area contributed by atoms with Crippen LogP contribution < -0.4 is 0 Å². The number of benzene rings is 1. The van der Waals surface area contributed by atoms with Gasteiger partial charge in [-0.1, -0.05) is 12.1 Å². The monoisotopic (exact) mass is 313 g/mol. The standard InChI is InChI=1S/C13H15NO6S/c1-10(15)13(21(18,19)8-7-20-2)9-11-5-3-4-6-12(11)14(16)17/h3-6,9H,7-8H2,1-2H3. The molecule has 0 atom stereocenters. The molecule has 8 heteroatoms. The maximum atomic E-state index is 12.1. The van der Waals surface area contributed by atoms with Gasteiger partial charge in [-0.05, 0) is 19.1 Å². The van der Waals surface area contributed by atoms with Crippen molar-refractivity contribution in [2.75, 3.05) is 19.5 Å². The van der Waals surface area contributed by atoms with Gasteiger partial charge >= 0.3 is 0 Å². The predicted molar refractivity (Wildman–Crippen MR) is 77.4 cm³/mol. The highest BCUT2D eigenvalue weighted by Crippen LogP contribution is 2.23. The summed E-state index contributed by atoms with van der Waals surface area (Å²) in [5.74, 6) is -1.04. The zero-order valence-electron chi connectivity index (χ0n) is 11.6. The quantitative estimate of drug-likeness (QED) is 0.430. The van der Waals surface area contributed by atoms with E-state index in [4.69, 9.17) is 4.74 Å². The number of nitro benzene ring substituents is 1. The minimum Gasteiger partial charge on any atom is -0.384 e. The van der Waals surface area contributed by atoms with Crippen molar-refractivity contribution in [3.8, 4) is 0 Å². The number of nitrogens with zero attached hydrogens (tertiary/aromatic N) is 1. The van der Waals surface area contributed by atoms with Crippen LogP contribution in [-0.4, -0.2) is 38.6 Å². The summed E-state index contributed by atoms with van der Waals surface area (Å²) in [5.41, 5.74) is -0.202. The number of hydrogen-bond acceptors (Lipinski definition) is 6. The van der Waals surface area contributed by atoms with Crippen LogP contribution >= 0.6 is 0 Å². The number of rotatable bonds is 7. The lowest BCUT2D eigenvalue weighted by Gasteiger charge is -2.06. The maximum Gasteiger partial charge on any atom is 0.276 e. The summed E-state index contributed by atoms with van der Waals surface area (Å²) in [4.78, 5) is 21.4. The van der Waals surface area contributed by atoms with E-state index in [1.54, 1.807) is 0 Å². The van der Waals surface area contributed by atoms with E-state index in [2.05, 4.69) is 0 Å². The van der Waals surface area contributed by atoms with Crippen LogP contribution in [0.15, 0.2) is 29.2 Å². The molecule has 21 heavy (non-hydrogen) atoms. The minimum absolute atomic E-state index is 0.0636. The molecule has 0 aromatic heterocycles. The summed E-state index contributed by atoms with van der Waals surface area (Å²) in [5, 5.41) is 10.9. The first kappa shape index (κ1) is 17.0. The number of sulfone groups is 1. The van der Waals surface area contributed by atoms with Gasteiger partial charge in [0.15, 0.2) is 15.6 Å². The van der Waals surface area contributed by atoms with Crippen LogP contribution in [0, 0.1) is 10.1 Å². The number of carbonyl (C=O) groups is 1. The molecule has 1 aromatic rings. The van der Waals surface area contributed by atoms with Gasteiger partial charge < -0.3 is 4.74 Å². The Hall–Kier alpha value is -2.06. The molecule has 1 rings (SSSR count). The van der Waals surface area contributed by atoms with E-state index in [9.17, 15) is 23.3 Å². The molecule has 0 spiro atoms. The number of Topliss-reactive ketones (excluding diaryl/α,β-unsaturated/α-hetero) is 1. The van der Waals surface area contributed by atoms with E-state index in [0.717, 1.165) is 13.0 Å². The molecule has 0 saturated carbocycles. The summed E-state index contributed by atoms with van der Waals surface area (Å²) in [6.07, 6.45) is 1.03. The Morgan fingerprint density at radius 1 is 1.38 bits per heavy atom. The Labute approximate surface area is 122 Å². The molecular weight excluding hydrogens is 298 g/mol. The zero-order chi connectivity index (χ0) is 16.0. The van der Waals surface area contributed by atoms with Gasteiger partial charge in [0.05, 0.1) is 22.8 Å². The highest BCUT2D eigenvalue weighted by molar-refractivity contribution is 7.96. The fourth-order valence-electron chi connectivity index (χ4n) is 1.63. The van der Waals surface area contributed by atoms with Gasteiger partial charge in [-0.2, -0.15) is 0 Å². The fourth-order valence-corrected chi connectivity index (χ4v) is 2.98. The lowest BCUT2D eigenvalue weighted by Crippen LogP contribution is -2.17. The molecule has 7 nitrogen and oxygen atoms in total. The van der Waals surface area contributed by atoms with Gasteiger partial charge in [-0.3, -0.25) is 14.9 Å². The van der Waals surface area contributed by atoms with Gasteiger partial charge in [-0.15, -0.1) is 0 Å². The van der Waals surface area contributed by atoms with Gasteiger partial charge in [0.1, 0.15) is 4.91 Å². The Morgan fingerprint density at radius 3 is 2.52 bits per heavy atom. The molecule has 0 aliphatic carbocycles. The number of ketones is 1. The molecule has 0 N–H and O–H groups in total. The third kappa shape index (κ3) is 4.47. The molecule has 0 amide bonds. The van der Waals surface area contributed by atoms with E-state index in [0.29, 0.717) is 0 Å². The van der Waals surface area contributed by atoms with E-state index in [-0.39, 0.29) is 23.6 Å². The minimum atomic E-state index is -3.86. The zero-order valence-corrected chi connectivity index (χ0v) is 12.4. The van der Waals surface area contributed by atoms with Crippen molar-refractivity contribution in [3.63, 3.8) is 0 Å². The molecular formula is C13H15NO6S. The third-order valence-electron chi connectivity index (χ3n) is 2.66. The van der Waals surface area contributed by atoms with Crippen LogP contribution in [-0.2, 0) is 19.4 Å². The van der Waals surface area contributed by atoms with Crippen molar-refractivity contribution >= 4 is 27.4 Å². The van der Waals surface area contributed by atoms with Crippen molar-refractivity contribution in [2.24, 2.45) is 0 Å². The van der Waals surface area contributed by atoms with Crippen molar-refractivity contribution in [3.05, 3.63) is 44.8 Å². The summed E-state index contributed by atoms with van der Waals surface area (Å²) in [7, 11) is -2.52. The molecule has 0 bridgehead atoms. The number of carbonyl (C=O) groups excluding carboxylic acids is 1. The number of nitro groups is 1. The first-order valence-corrected chi connectivity index (χ1v) is 7.62. The van der Waals surface area contributed by atoms with Gasteiger partial charge in [0, 0.05) is 13.2 Å². The molecule has 0 aliphatic rings. The molecule has 0 radical (unpaired) electrons. The van der Waals surface area contributed by atoms with E-state index >= 15 is 0 Å².